The Morgan fingerprint density at radius 1 is 1.08 bits per heavy atom. The van der Waals surface area contributed by atoms with Gasteiger partial charge in [0.25, 0.3) is 0 Å². The van der Waals surface area contributed by atoms with Gasteiger partial charge in [0.2, 0.25) is 0 Å². The fourth-order valence-electron chi connectivity index (χ4n) is 2.71. The van der Waals surface area contributed by atoms with Gasteiger partial charge >= 0.3 is 0 Å². The van der Waals surface area contributed by atoms with E-state index in [-0.39, 0.29) is 0 Å². The minimum atomic E-state index is 0.775. The minimum absolute atomic E-state index is 0.775. The highest BCUT2D eigenvalue weighted by molar-refractivity contribution is 5.40. The zero-order chi connectivity index (χ0) is 9.26. The zero-order valence-corrected chi connectivity index (χ0v) is 8.90. The average Bonchev–Trinajstić information content (AvgIpc) is 2.17. The van der Waals surface area contributed by atoms with Crippen molar-refractivity contribution in [1.29, 1.82) is 0 Å². The molecule has 1 saturated carbocycles. The summed E-state index contributed by atoms with van der Waals surface area (Å²) in [5.41, 5.74) is 5.20. The Morgan fingerprint density at radius 2 is 1.85 bits per heavy atom. The number of allylic oxidation sites excluding steroid dienone is 4. The van der Waals surface area contributed by atoms with Crippen LogP contribution in [0.15, 0.2) is 22.8 Å². The van der Waals surface area contributed by atoms with Crippen molar-refractivity contribution in [1.82, 2.24) is 0 Å². The Kier molecular flexibility index (Phi) is 2.57. The Balaban J connectivity index is 2.30. The van der Waals surface area contributed by atoms with Gasteiger partial charge < -0.3 is 0 Å². The largest absolute Gasteiger partial charge is 0.0807 e. The first-order valence-corrected chi connectivity index (χ1v) is 5.70. The lowest BCUT2D eigenvalue weighted by atomic mass is 9.78. The molecule has 0 spiro atoms. The van der Waals surface area contributed by atoms with E-state index in [2.05, 4.69) is 19.9 Å². The van der Waals surface area contributed by atoms with Crippen molar-refractivity contribution >= 4 is 0 Å². The lowest BCUT2D eigenvalue weighted by Crippen LogP contribution is -2.10. The average molecular weight is 176 g/mol. The summed E-state index contributed by atoms with van der Waals surface area (Å²) >= 11 is 0. The Labute approximate surface area is 81.7 Å². The van der Waals surface area contributed by atoms with Crippen LogP contribution in [0.1, 0.15) is 52.4 Å². The molecule has 0 unspecified atom stereocenters. The predicted octanol–water partition coefficient (Wildman–Crippen LogP) is 4.23. The first-order valence-electron chi connectivity index (χ1n) is 5.70. The van der Waals surface area contributed by atoms with Gasteiger partial charge in [0, 0.05) is 0 Å². The number of hydrogen-bond donors (Lipinski definition) is 0. The van der Waals surface area contributed by atoms with Crippen LogP contribution in [-0.4, -0.2) is 0 Å². The van der Waals surface area contributed by atoms with Crippen LogP contribution >= 0.6 is 0 Å². The molecule has 0 amide bonds. The maximum atomic E-state index is 2.49. The van der Waals surface area contributed by atoms with Gasteiger partial charge in [0.05, 0.1) is 0 Å². The topological polar surface area (TPSA) is 0 Å². The molecule has 0 aromatic heterocycles. The van der Waals surface area contributed by atoms with Crippen LogP contribution in [0, 0.1) is 5.92 Å². The smallest absolute Gasteiger partial charge is 0.0254 e. The number of fused-ring (bicyclic) bond motifs is 1. The van der Waals surface area contributed by atoms with E-state index in [0.717, 1.165) is 5.92 Å². The molecule has 72 valence electrons. The molecule has 0 N–H and O–H groups in total. The Bertz CT molecular complexity index is 253. The van der Waals surface area contributed by atoms with Crippen molar-refractivity contribution in [3.8, 4) is 0 Å². The summed E-state index contributed by atoms with van der Waals surface area (Å²) in [6.07, 6.45) is 10.7. The van der Waals surface area contributed by atoms with E-state index in [1.807, 2.05) is 0 Å². The summed E-state index contributed by atoms with van der Waals surface area (Å²) in [5.74, 6) is 0.775. The van der Waals surface area contributed by atoms with Gasteiger partial charge in [-0.1, -0.05) is 25.5 Å². The van der Waals surface area contributed by atoms with Crippen molar-refractivity contribution in [3.05, 3.63) is 22.8 Å². The molecule has 0 saturated heterocycles. The summed E-state index contributed by atoms with van der Waals surface area (Å²) in [7, 11) is 0. The van der Waals surface area contributed by atoms with Crippen LogP contribution < -0.4 is 0 Å². The third-order valence-electron chi connectivity index (χ3n) is 3.40. The van der Waals surface area contributed by atoms with Crippen molar-refractivity contribution in [3.63, 3.8) is 0 Å². The third kappa shape index (κ3) is 1.72. The van der Waals surface area contributed by atoms with Crippen molar-refractivity contribution in [2.45, 2.75) is 52.4 Å². The third-order valence-corrected chi connectivity index (χ3v) is 3.40. The fraction of sp³-hybridized carbons (Fsp3) is 0.692. The van der Waals surface area contributed by atoms with Gasteiger partial charge in [0.1, 0.15) is 0 Å². The van der Waals surface area contributed by atoms with Crippen molar-refractivity contribution < 1.29 is 0 Å². The highest BCUT2D eigenvalue weighted by atomic mass is 14.3. The van der Waals surface area contributed by atoms with Gasteiger partial charge in [0.15, 0.2) is 0 Å². The molecule has 0 aliphatic heterocycles. The molecule has 2 rings (SSSR count). The van der Waals surface area contributed by atoms with E-state index in [1.165, 1.54) is 38.5 Å². The summed E-state index contributed by atoms with van der Waals surface area (Å²) in [5, 5.41) is 0. The molecule has 0 aromatic carbocycles. The lowest BCUT2D eigenvalue weighted by Gasteiger charge is -2.28. The molecule has 1 fully saturated rings. The molecule has 0 heteroatoms. The molecule has 2 aliphatic rings. The molecule has 0 atom stereocenters. The predicted molar refractivity (Wildman–Crippen MR) is 57.6 cm³/mol. The highest BCUT2D eigenvalue weighted by Crippen LogP contribution is 2.38. The van der Waals surface area contributed by atoms with Crippen molar-refractivity contribution in [2.24, 2.45) is 5.92 Å². The first-order chi connectivity index (χ1) is 6.29. The molecule has 2 aliphatic carbocycles. The second-order valence-electron chi connectivity index (χ2n) is 4.63. The van der Waals surface area contributed by atoms with Crippen LogP contribution in [0.4, 0.5) is 0 Å². The summed E-state index contributed by atoms with van der Waals surface area (Å²) in [6, 6.07) is 0. The second kappa shape index (κ2) is 3.69. The normalized spacial score (nSPS) is 23.2. The first kappa shape index (κ1) is 9.05. The van der Waals surface area contributed by atoms with Gasteiger partial charge in [-0.2, -0.15) is 0 Å². The van der Waals surface area contributed by atoms with E-state index in [4.69, 9.17) is 0 Å². The van der Waals surface area contributed by atoms with Crippen LogP contribution in [0.25, 0.3) is 0 Å². The van der Waals surface area contributed by atoms with Crippen LogP contribution in [-0.2, 0) is 0 Å². The minimum Gasteiger partial charge on any atom is -0.0807 e. The van der Waals surface area contributed by atoms with Gasteiger partial charge in [-0.15, -0.1) is 0 Å². The second-order valence-corrected chi connectivity index (χ2v) is 4.63. The van der Waals surface area contributed by atoms with E-state index >= 15 is 0 Å². The zero-order valence-electron chi connectivity index (χ0n) is 8.90. The lowest BCUT2D eigenvalue weighted by molar-refractivity contribution is 0.617. The SMILES string of the molecule is CC(C)C1=C2CCCCC2=CCC1. The maximum absolute atomic E-state index is 2.49. The van der Waals surface area contributed by atoms with E-state index in [0.29, 0.717) is 0 Å². The maximum Gasteiger partial charge on any atom is -0.0254 e. The van der Waals surface area contributed by atoms with Gasteiger partial charge in [-0.3, -0.25) is 0 Å². The summed E-state index contributed by atoms with van der Waals surface area (Å²) in [4.78, 5) is 0. The monoisotopic (exact) mass is 176 g/mol. The standard InChI is InChI=1S/C13H20/c1-10(2)12-9-5-7-11-6-3-4-8-13(11)12/h7,10H,3-6,8-9H2,1-2H3. The van der Waals surface area contributed by atoms with Gasteiger partial charge in [-0.05, 0) is 55.6 Å². The van der Waals surface area contributed by atoms with E-state index in [1.54, 1.807) is 16.7 Å². The molecule has 0 heterocycles. The van der Waals surface area contributed by atoms with Gasteiger partial charge in [-0.25, -0.2) is 0 Å². The number of rotatable bonds is 1. The quantitative estimate of drug-likeness (QED) is 0.560. The summed E-state index contributed by atoms with van der Waals surface area (Å²) < 4.78 is 0. The highest BCUT2D eigenvalue weighted by Gasteiger charge is 2.20. The van der Waals surface area contributed by atoms with E-state index in [9.17, 15) is 0 Å². The molecule has 0 aromatic rings. The van der Waals surface area contributed by atoms with E-state index < -0.39 is 0 Å². The molecule has 0 bridgehead atoms. The Hall–Kier alpha value is -0.520. The molecular weight excluding hydrogens is 156 g/mol. The van der Waals surface area contributed by atoms with Crippen LogP contribution in [0.5, 0.6) is 0 Å². The Morgan fingerprint density at radius 3 is 2.62 bits per heavy atom. The fourth-order valence-corrected chi connectivity index (χ4v) is 2.71. The molecular formula is C13H20. The van der Waals surface area contributed by atoms with Crippen molar-refractivity contribution in [2.75, 3.05) is 0 Å². The van der Waals surface area contributed by atoms with Crippen LogP contribution in [0.2, 0.25) is 0 Å². The molecule has 13 heavy (non-hydrogen) atoms. The molecule has 0 radical (unpaired) electrons. The van der Waals surface area contributed by atoms with Crippen LogP contribution in [0.3, 0.4) is 0 Å². The number of hydrogen-bond acceptors (Lipinski definition) is 0. The molecule has 0 nitrogen and oxygen atoms in total. The summed E-state index contributed by atoms with van der Waals surface area (Å²) in [6.45, 7) is 4.69.